The minimum Gasteiger partial charge on any atom is -0.591 e. The number of hydrogen-bond donors (Lipinski definition) is 0. The quantitative estimate of drug-likeness (QED) is 0.295. The fourth-order valence-electron chi connectivity index (χ4n) is 3.28. The smallest absolute Gasteiger partial charge is 0.144 e. The van der Waals surface area contributed by atoms with Crippen molar-refractivity contribution < 1.29 is 8.94 Å². The first kappa shape index (κ1) is 21.2. The molecule has 1 unspecified atom stereocenters. The molecule has 2 aromatic heterocycles. The van der Waals surface area contributed by atoms with Crippen LogP contribution in [0.4, 0.5) is 4.39 Å². The van der Waals surface area contributed by atoms with Crippen molar-refractivity contribution in [3.63, 3.8) is 0 Å². The lowest BCUT2D eigenvalue weighted by Gasteiger charge is -2.18. The second kappa shape index (κ2) is 8.57. The third-order valence-electron chi connectivity index (χ3n) is 4.75. The average molecular weight is 432 g/mol. The number of hydrogen-bond acceptors (Lipinski definition) is 4. The molecule has 0 aliphatic rings. The van der Waals surface area contributed by atoms with Crippen molar-refractivity contribution in [3.05, 3.63) is 84.4 Å². The molecule has 4 nitrogen and oxygen atoms in total. The number of benzene rings is 2. The molecule has 0 radical (unpaired) electrons. The van der Waals surface area contributed by atoms with Crippen LogP contribution in [0, 0.1) is 5.82 Å². The van der Waals surface area contributed by atoms with Crippen molar-refractivity contribution in [1.82, 2.24) is 9.97 Å². The van der Waals surface area contributed by atoms with Crippen LogP contribution >= 0.6 is 0 Å². The first-order chi connectivity index (χ1) is 14.8. The molecule has 6 heteroatoms. The molecule has 156 valence electrons. The summed E-state index contributed by atoms with van der Waals surface area (Å²) in [6.07, 6.45) is 3.26. The van der Waals surface area contributed by atoms with Gasteiger partial charge in [0.15, 0.2) is 0 Å². The topological polar surface area (TPSA) is 61.2 Å². The van der Waals surface area contributed by atoms with E-state index in [1.54, 1.807) is 18.5 Å². The molecular formula is C25H22FN3OS. The van der Waals surface area contributed by atoms with Crippen molar-refractivity contribution in [1.29, 1.82) is 0 Å². The number of pyridine rings is 2. The summed E-state index contributed by atoms with van der Waals surface area (Å²) in [5, 5.41) is 0.659. The van der Waals surface area contributed by atoms with Crippen molar-refractivity contribution >= 4 is 28.5 Å². The maximum atomic E-state index is 14.2. The van der Waals surface area contributed by atoms with Crippen LogP contribution in [0.5, 0.6) is 0 Å². The predicted octanol–water partition coefficient (Wildman–Crippen LogP) is 5.98. The zero-order chi connectivity index (χ0) is 22.0. The molecule has 0 saturated heterocycles. The highest BCUT2D eigenvalue weighted by Gasteiger charge is 2.26. The third-order valence-corrected chi connectivity index (χ3v) is 6.10. The lowest BCUT2D eigenvalue weighted by Crippen LogP contribution is -2.25. The molecule has 4 rings (SSSR count). The molecule has 0 N–H and O–H groups in total. The lowest BCUT2D eigenvalue weighted by molar-refractivity contribution is 0.562. The highest BCUT2D eigenvalue weighted by atomic mass is 32.2. The molecule has 0 bridgehead atoms. The van der Waals surface area contributed by atoms with Crippen LogP contribution in [-0.2, 0) is 11.4 Å². The van der Waals surface area contributed by atoms with E-state index in [0.717, 1.165) is 16.7 Å². The maximum Gasteiger partial charge on any atom is 0.144 e. The van der Waals surface area contributed by atoms with E-state index in [9.17, 15) is 8.94 Å². The monoisotopic (exact) mass is 431 g/mol. The van der Waals surface area contributed by atoms with Crippen molar-refractivity contribution in [2.45, 2.75) is 25.5 Å². The van der Waals surface area contributed by atoms with Crippen LogP contribution < -0.4 is 0 Å². The second-order valence-corrected chi connectivity index (χ2v) is 10.0. The van der Waals surface area contributed by atoms with Gasteiger partial charge in [0.25, 0.3) is 0 Å². The molecule has 2 heterocycles. The largest absolute Gasteiger partial charge is 0.591 e. The van der Waals surface area contributed by atoms with Crippen LogP contribution in [0.3, 0.4) is 0 Å². The SMILES string of the molecule is CC(C)(C)[S+]([O-])/N=C/c1nc2ccc(F)cc2c(-c2ccccn2)c1-c1ccccc1. The van der Waals surface area contributed by atoms with E-state index >= 15 is 0 Å². The van der Waals surface area contributed by atoms with Gasteiger partial charge < -0.3 is 4.55 Å². The Morgan fingerprint density at radius 3 is 2.39 bits per heavy atom. The van der Waals surface area contributed by atoms with Crippen LogP contribution in [0.15, 0.2) is 77.3 Å². The first-order valence-electron chi connectivity index (χ1n) is 9.91. The van der Waals surface area contributed by atoms with Gasteiger partial charge in [0.2, 0.25) is 0 Å². The van der Waals surface area contributed by atoms with E-state index in [0.29, 0.717) is 22.3 Å². The average Bonchev–Trinajstić information content (AvgIpc) is 2.77. The van der Waals surface area contributed by atoms with Crippen LogP contribution in [0.1, 0.15) is 26.5 Å². The molecule has 0 aliphatic carbocycles. The van der Waals surface area contributed by atoms with Crippen molar-refractivity contribution in [2.75, 3.05) is 0 Å². The minimum absolute atomic E-state index is 0.347. The third kappa shape index (κ3) is 4.50. The van der Waals surface area contributed by atoms with Crippen LogP contribution in [-0.4, -0.2) is 25.5 Å². The van der Waals surface area contributed by atoms with Gasteiger partial charge in [-0.2, -0.15) is 0 Å². The standard InChI is InChI=1S/C25H22FN3OS/c1-25(2,3)31(30)28-16-22-23(17-9-5-4-6-10-17)24(21-11-7-8-14-27-21)19-15-18(26)12-13-20(19)29-22/h4-16H,1-3H3/b28-16+. The Bertz CT molecular complexity index is 1240. The van der Waals surface area contributed by atoms with E-state index in [-0.39, 0.29) is 5.82 Å². The zero-order valence-corrected chi connectivity index (χ0v) is 18.4. The minimum atomic E-state index is -1.44. The molecular weight excluding hydrogens is 409 g/mol. The molecule has 0 spiro atoms. The Balaban J connectivity index is 2.08. The molecule has 0 aliphatic heterocycles. The highest BCUT2D eigenvalue weighted by Crippen LogP contribution is 2.38. The summed E-state index contributed by atoms with van der Waals surface area (Å²) in [5.74, 6) is -0.347. The lowest BCUT2D eigenvalue weighted by atomic mass is 9.92. The number of rotatable bonds is 4. The van der Waals surface area contributed by atoms with Gasteiger partial charge in [-0.05, 0) is 56.7 Å². The normalized spacial score (nSPS) is 13.1. The first-order valence-corrected chi connectivity index (χ1v) is 11.0. The van der Waals surface area contributed by atoms with E-state index in [2.05, 4.69) is 9.38 Å². The summed E-state index contributed by atoms with van der Waals surface area (Å²) < 4.78 is 30.6. The predicted molar refractivity (Wildman–Crippen MR) is 126 cm³/mol. The summed E-state index contributed by atoms with van der Waals surface area (Å²) in [7, 11) is 0. The Morgan fingerprint density at radius 1 is 0.968 bits per heavy atom. The Morgan fingerprint density at radius 2 is 1.71 bits per heavy atom. The molecule has 0 saturated carbocycles. The fraction of sp³-hybridized carbons (Fsp3) is 0.160. The van der Waals surface area contributed by atoms with Crippen LogP contribution in [0.2, 0.25) is 0 Å². The van der Waals surface area contributed by atoms with Gasteiger partial charge in [-0.15, -0.1) is 0 Å². The van der Waals surface area contributed by atoms with Gasteiger partial charge in [-0.1, -0.05) is 40.8 Å². The summed E-state index contributed by atoms with van der Waals surface area (Å²) in [4.78, 5) is 9.29. The number of nitrogens with zero attached hydrogens (tertiary/aromatic N) is 3. The Hall–Kier alpha value is -3.09. The zero-order valence-electron chi connectivity index (χ0n) is 17.5. The summed E-state index contributed by atoms with van der Waals surface area (Å²) in [6.45, 7) is 5.61. The summed E-state index contributed by atoms with van der Waals surface area (Å²) in [5.41, 5.74) is 4.30. The maximum absolute atomic E-state index is 14.2. The summed E-state index contributed by atoms with van der Waals surface area (Å²) in [6, 6.07) is 19.9. The van der Waals surface area contributed by atoms with E-state index < -0.39 is 16.1 Å². The number of halogens is 1. The van der Waals surface area contributed by atoms with Gasteiger partial charge >= 0.3 is 0 Å². The number of aromatic nitrogens is 2. The molecule has 1 atom stereocenters. The van der Waals surface area contributed by atoms with Gasteiger partial charge in [0.05, 0.1) is 16.9 Å². The fourth-order valence-corrected chi connectivity index (χ4v) is 3.79. The van der Waals surface area contributed by atoms with E-state index in [1.165, 1.54) is 12.1 Å². The molecule has 4 aromatic rings. The van der Waals surface area contributed by atoms with Gasteiger partial charge in [0.1, 0.15) is 28.1 Å². The number of fused-ring (bicyclic) bond motifs is 1. The van der Waals surface area contributed by atoms with Gasteiger partial charge in [-0.3, -0.25) is 4.98 Å². The van der Waals surface area contributed by atoms with E-state index in [1.807, 2.05) is 69.3 Å². The van der Waals surface area contributed by atoms with Crippen molar-refractivity contribution in [2.24, 2.45) is 4.40 Å². The molecule has 2 aromatic carbocycles. The van der Waals surface area contributed by atoms with Crippen molar-refractivity contribution in [3.8, 4) is 22.4 Å². The summed E-state index contributed by atoms with van der Waals surface area (Å²) >= 11 is -1.44. The highest BCUT2D eigenvalue weighted by molar-refractivity contribution is 7.91. The Labute approximate surface area is 184 Å². The molecule has 0 fully saturated rings. The van der Waals surface area contributed by atoms with E-state index in [4.69, 9.17) is 4.98 Å². The molecule has 0 amide bonds. The van der Waals surface area contributed by atoms with Crippen LogP contribution in [0.25, 0.3) is 33.3 Å². The van der Waals surface area contributed by atoms with Gasteiger partial charge in [0, 0.05) is 22.7 Å². The van der Waals surface area contributed by atoms with Gasteiger partial charge in [-0.25, -0.2) is 9.37 Å². The molecule has 31 heavy (non-hydrogen) atoms. The second-order valence-electron chi connectivity index (χ2n) is 8.09. The Kier molecular flexibility index (Phi) is 5.85.